The summed E-state index contributed by atoms with van der Waals surface area (Å²) in [6, 6.07) is 4.75. The Bertz CT molecular complexity index is 423. The SMILES string of the molecule is CC(C)C1(Cc2ccc(F)cc2Cl)CCCCCN1. The van der Waals surface area contributed by atoms with Crippen LogP contribution in [0.2, 0.25) is 5.02 Å². The summed E-state index contributed by atoms with van der Waals surface area (Å²) < 4.78 is 13.1. The third kappa shape index (κ3) is 3.49. The van der Waals surface area contributed by atoms with Crippen molar-refractivity contribution in [3.05, 3.63) is 34.6 Å². The Labute approximate surface area is 120 Å². The van der Waals surface area contributed by atoms with Crippen molar-refractivity contribution in [1.29, 1.82) is 0 Å². The number of hydrogen-bond donors (Lipinski definition) is 1. The van der Waals surface area contributed by atoms with Crippen molar-refractivity contribution in [3.8, 4) is 0 Å². The van der Waals surface area contributed by atoms with E-state index in [0.717, 1.165) is 18.5 Å². The lowest BCUT2D eigenvalue weighted by Crippen LogP contribution is -2.51. The van der Waals surface area contributed by atoms with Crippen molar-refractivity contribution in [1.82, 2.24) is 5.32 Å². The van der Waals surface area contributed by atoms with Crippen LogP contribution in [0.5, 0.6) is 0 Å². The molecule has 1 fully saturated rings. The standard InChI is InChI=1S/C16H23ClFN/c1-12(2)16(8-4-3-5-9-19-16)11-13-6-7-14(18)10-15(13)17/h6-7,10,12,19H,3-5,8-9,11H2,1-2H3. The van der Waals surface area contributed by atoms with E-state index in [0.29, 0.717) is 10.9 Å². The van der Waals surface area contributed by atoms with Crippen LogP contribution in [0.25, 0.3) is 0 Å². The monoisotopic (exact) mass is 283 g/mol. The maximum Gasteiger partial charge on any atom is 0.124 e. The summed E-state index contributed by atoms with van der Waals surface area (Å²) in [5.74, 6) is 0.271. The average molecular weight is 284 g/mol. The largest absolute Gasteiger partial charge is 0.311 e. The van der Waals surface area contributed by atoms with Crippen LogP contribution in [0.3, 0.4) is 0 Å². The molecule has 0 saturated carbocycles. The van der Waals surface area contributed by atoms with E-state index < -0.39 is 0 Å². The molecular weight excluding hydrogens is 261 g/mol. The number of rotatable bonds is 3. The van der Waals surface area contributed by atoms with E-state index in [2.05, 4.69) is 19.2 Å². The van der Waals surface area contributed by atoms with E-state index in [1.54, 1.807) is 0 Å². The Morgan fingerprint density at radius 3 is 2.79 bits per heavy atom. The fourth-order valence-corrected chi connectivity index (χ4v) is 3.25. The zero-order valence-corrected chi connectivity index (χ0v) is 12.6. The topological polar surface area (TPSA) is 12.0 Å². The average Bonchev–Trinajstić information content (AvgIpc) is 2.59. The molecule has 1 aliphatic heterocycles. The molecule has 1 aromatic carbocycles. The van der Waals surface area contributed by atoms with E-state index in [-0.39, 0.29) is 11.4 Å². The highest BCUT2D eigenvalue weighted by atomic mass is 35.5. The molecule has 1 aliphatic rings. The molecule has 1 nitrogen and oxygen atoms in total. The van der Waals surface area contributed by atoms with Gasteiger partial charge in [-0.1, -0.05) is 44.4 Å². The Balaban J connectivity index is 2.24. The molecule has 106 valence electrons. The molecule has 0 amide bonds. The molecule has 1 saturated heterocycles. The van der Waals surface area contributed by atoms with Gasteiger partial charge in [0.2, 0.25) is 0 Å². The van der Waals surface area contributed by atoms with Crippen LogP contribution >= 0.6 is 11.6 Å². The van der Waals surface area contributed by atoms with Crippen LogP contribution in [0, 0.1) is 11.7 Å². The first-order valence-electron chi connectivity index (χ1n) is 7.22. The van der Waals surface area contributed by atoms with Crippen molar-refractivity contribution in [2.24, 2.45) is 5.92 Å². The Hall–Kier alpha value is -0.600. The van der Waals surface area contributed by atoms with Crippen molar-refractivity contribution in [2.75, 3.05) is 6.54 Å². The summed E-state index contributed by atoms with van der Waals surface area (Å²) in [6.45, 7) is 5.59. The lowest BCUT2D eigenvalue weighted by Gasteiger charge is -2.38. The van der Waals surface area contributed by atoms with Gasteiger partial charge in [-0.05, 0) is 49.4 Å². The lowest BCUT2D eigenvalue weighted by atomic mass is 9.77. The second-order valence-corrected chi connectivity index (χ2v) is 6.37. The minimum atomic E-state index is -0.263. The molecule has 1 N–H and O–H groups in total. The molecule has 3 heteroatoms. The van der Waals surface area contributed by atoms with Gasteiger partial charge in [0, 0.05) is 10.6 Å². The lowest BCUT2D eigenvalue weighted by molar-refractivity contribution is 0.226. The van der Waals surface area contributed by atoms with Gasteiger partial charge in [0.05, 0.1) is 0 Å². The molecule has 19 heavy (non-hydrogen) atoms. The predicted octanol–water partition coefficient (Wildman–Crippen LogP) is 4.58. The number of nitrogens with one attached hydrogen (secondary N) is 1. The number of benzene rings is 1. The van der Waals surface area contributed by atoms with Crippen LogP contribution in [0.4, 0.5) is 4.39 Å². The van der Waals surface area contributed by atoms with Crippen LogP contribution in [-0.2, 0) is 6.42 Å². The second kappa shape index (κ2) is 6.23. The van der Waals surface area contributed by atoms with Crippen LogP contribution in [0.15, 0.2) is 18.2 Å². The third-order valence-corrected chi connectivity index (χ3v) is 4.75. The van der Waals surface area contributed by atoms with Gasteiger partial charge in [-0.25, -0.2) is 4.39 Å². The summed E-state index contributed by atoms with van der Waals surface area (Å²) in [6.07, 6.45) is 5.83. The zero-order chi connectivity index (χ0) is 13.9. The fourth-order valence-electron chi connectivity index (χ4n) is 3.02. The van der Waals surface area contributed by atoms with E-state index in [1.165, 1.54) is 37.8 Å². The van der Waals surface area contributed by atoms with Crippen molar-refractivity contribution >= 4 is 11.6 Å². The predicted molar refractivity (Wildman–Crippen MR) is 79.2 cm³/mol. The van der Waals surface area contributed by atoms with Crippen LogP contribution < -0.4 is 5.32 Å². The maximum absolute atomic E-state index is 13.1. The molecule has 0 bridgehead atoms. The molecule has 0 radical (unpaired) electrons. The molecule has 0 aliphatic carbocycles. The molecule has 2 rings (SSSR count). The van der Waals surface area contributed by atoms with Gasteiger partial charge in [0.25, 0.3) is 0 Å². The highest BCUT2D eigenvalue weighted by molar-refractivity contribution is 6.31. The highest BCUT2D eigenvalue weighted by Gasteiger charge is 2.34. The first kappa shape index (κ1) is 14.8. The summed E-state index contributed by atoms with van der Waals surface area (Å²) in [7, 11) is 0. The summed E-state index contributed by atoms with van der Waals surface area (Å²) in [5.41, 5.74) is 1.14. The molecule has 1 aromatic rings. The minimum Gasteiger partial charge on any atom is -0.311 e. The molecule has 1 unspecified atom stereocenters. The summed E-state index contributed by atoms with van der Waals surface area (Å²) in [4.78, 5) is 0. The highest BCUT2D eigenvalue weighted by Crippen LogP contribution is 2.32. The fraction of sp³-hybridized carbons (Fsp3) is 0.625. The van der Waals surface area contributed by atoms with E-state index in [9.17, 15) is 4.39 Å². The summed E-state index contributed by atoms with van der Waals surface area (Å²) in [5, 5.41) is 4.28. The number of hydrogen-bond acceptors (Lipinski definition) is 1. The molecule has 0 aromatic heterocycles. The van der Waals surface area contributed by atoms with Gasteiger partial charge < -0.3 is 5.32 Å². The van der Waals surface area contributed by atoms with Crippen molar-refractivity contribution < 1.29 is 4.39 Å². The van der Waals surface area contributed by atoms with Gasteiger partial charge >= 0.3 is 0 Å². The van der Waals surface area contributed by atoms with Crippen LogP contribution in [-0.4, -0.2) is 12.1 Å². The Morgan fingerprint density at radius 1 is 1.32 bits per heavy atom. The van der Waals surface area contributed by atoms with Crippen LogP contribution in [0.1, 0.15) is 45.1 Å². The first-order valence-corrected chi connectivity index (χ1v) is 7.60. The first-order chi connectivity index (χ1) is 9.03. The molecule has 1 heterocycles. The Kier molecular flexibility index (Phi) is 4.86. The van der Waals surface area contributed by atoms with E-state index in [1.807, 2.05) is 6.07 Å². The smallest absolute Gasteiger partial charge is 0.124 e. The second-order valence-electron chi connectivity index (χ2n) is 5.96. The minimum absolute atomic E-state index is 0.0952. The van der Waals surface area contributed by atoms with E-state index in [4.69, 9.17) is 11.6 Å². The van der Waals surface area contributed by atoms with Crippen molar-refractivity contribution in [2.45, 2.75) is 51.5 Å². The third-order valence-electron chi connectivity index (χ3n) is 4.40. The molecule has 1 atom stereocenters. The molecular formula is C16H23ClFN. The molecule has 0 spiro atoms. The zero-order valence-electron chi connectivity index (χ0n) is 11.8. The van der Waals surface area contributed by atoms with Gasteiger partial charge in [-0.2, -0.15) is 0 Å². The van der Waals surface area contributed by atoms with Gasteiger partial charge in [0.15, 0.2) is 0 Å². The Morgan fingerprint density at radius 2 is 2.11 bits per heavy atom. The van der Waals surface area contributed by atoms with Gasteiger partial charge in [-0.15, -0.1) is 0 Å². The van der Waals surface area contributed by atoms with Gasteiger partial charge in [0.1, 0.15) is 5.82 Å². The van der Waals surface area contributed by atoms with E-state index >= 15 is 0 Å². The van der Waals surface area contributed by atoms with Crippen molar-refractivity contribution in [3.63, 3.8) is 0 Å². The summed E-state index contributed by atoms with van der Waals surface area (Å²) >= 11 is 6.19. The van der Waals surface area contributed by atoms with Gasteiger partial charge in [-0.3, -0.25) is 0 Å². The quantitative estimate of drug-likeness (QED) is 0.856. The number of halogens is 2. The normalized spacial score (nSPS) is 24.5. The maximum atomic E-state index is 13.1.